The molecule has 2 rings (SSSR count). The first-order valence-corrected chi connectivity index (χ1v) is 8.17. The quantitative estimate of drug-likeness (QED) is 0.816. The van der Waals surface area contributed by atoms with Gasteiger partial charge in [0.2, 0.25) is 0 Å². The van der Waals surface area contributed by atoms with Gasteiger partial charge in [0.15, 0.2) is 0 Å². The highest BCUT2D eigenvalue weighted by Crippen LogP contribution is 2.11. The Balaban J connectivity index is 1.53. The minimum absolute atomic E-state index is 0.0568. The third-order valence-electron chi connectivity index (χ3n) is 3.82. The highest BCUT2D eigenvalue weighted by atomic mass is 19.1. The normalized spacial score (nSPS) is 15.2. The van der Waals surface area contributed by atoms with E-state index in [1.165, 1.54) is 25.0 Å². The van der Waals surface area contributed by atoms with E-state index >= 15 is 0 Å². The van der Waals surface area contributed by atoms with Crippen LogP contribution in [0.4, 0.5) is 9.18 Å². The van der Waals surface area contributed by atoms with Crippen molar-refractivity contribution < 1.29 is 13.9 Å². The van der Waals surface area contributed by atoms with Gasteiger partial charge in [-0.15, -0.1) is 0 Å². The van der Waals surface area contributed by atoms with Crippen LogP contribution in [0.3, 0.4) is 0 Å². The topological polar surface area (TPSA) is 41.6 Å². The predicted molar refractivity (Wildman–Crippen MR) is 84.6 cm³/mol. The van der Waals surface area contributed by atoms with Crippen molar-refractivity contribution >= 4 is 6.03 Å². The summed E-state index contributed by atoms with van der Waals surface area (Å²) < 4.78 is 18.2. The summed E-state index contributed by atoms with van der Waals surface area (Å²) in [6, 6.07) is 6.07. The molecule has 1 aliphatic heterocycles. The van der Waals surface area contributed by atoms with Crippen molar-refractivity contribution in [3.05, 3.63) is 30.1 Å². The van der Waals surface area contributed by atoms with Crippen LogP contribution in [0.5, 0.6) is 5.75 Å². The zero-order valence-corrected chi connectivity index (χ0v) is 13.0. The smallest absolute Gasteiger partial charge is 0.317 e. The van der Waals surface area contributed by atoms with Gasteiger partial charge in [0.25, 0.3) is 0 Å². The van der Waals surface area contributed by atoms with Crippen molar-refractivity contribution in [3.63, 3.8) is 0 Å². The van der Waals surface area contributed by atoms with E-state index in [0.29, 0.717) is 18.9 Å². The fraction of sp³-hybridized carbons (Fsp3) is 0.588. The van der Waals surface area contributed by atoms with Crippen LogP contribution in [0.15, 0.2) is 24.3 Å². The van der Waals surface area contributed by atoms with E-state index < -0.39 is 0 Å². The van der Waals surface area contributed by atoms with E-state index in [-0.39, 0.29) is 11.8 Å². The molecular formula is C17H25FN2O2. The number of rotatable bonds is 6. The van der Waals surface area contributed by atoms with Gasteiger partial charge in [0.05, 0.1) is 6.61 Å². The first-order valence-electron chi connectivity index (χ1n) is 8.17. The second-order valence-corrected chi connectivity index (χ2v) is 5.64. The van der Waals surface area contributed by atoms with Crippen molar-refractivity contribution in [3.8, 4) is 5.75 Å². The average Bonchev–Trinajstić information content (AvgIpc) is 2.81. The summed E-state index contributed by atoms with van der Waals surface area (Å²) in [5.41, 5.74) is 0. The zero-order chi connectivity index (χ0) is 15.6. The number of ether oxygens (including phenoxy) is 1. The van der Waals surface area contributed by atoms with Crippen molar-refractivity contribution in [2.75, 3.05) is 26.2 Å². The standard InChI is InChI=1S/C17H25FN2O2/c18-15-7-9-16(10-8-15)22-14-6-3-11-19-17(21)20-12-4-1-2-5-13-20/h7-10H,1-6,11-14H2,(H,19,21). The Morgan fingerprint density at radius 2 is 1.77 bits per heavy atom. The van der Waals surface area contributed by atoms with Crippen LogP contribution in [0.2, 0.25) is 0 Å². The number of nitrogens with zero attached hydrogens (tertiary/aromatic N) is 1. The maximum Gasteiger partial charge on any atom is 0.317 e. The number of carbonyl (C=O) groups excluding carboxylic acids is 1. The molecule has 1 N–H and O–H groups in total. The molecule has 0 atom stereocenters. The number of hydrogen-bond donors (Lipinski definition) is 1. The van der Waals surface area contributed by atoms with Gasteiger partial charge >= 0.3 is 6.03 Å². The average molecular weight is 308 g/mol. The second-order valence-electron chi connectivity index (χ2n) is 5.64. The van der Waals surface area contributed by atoms with Crippen molar-refractivity contribution in [1.29, 1.82) is 0 Å². The Morgan fingerprint density at radius 3 is 2.45 bits per heavy atom. The number of urea groups is 1. The molecule has 1 heterocycles. The fourth-order valence-corrected chi connectivity index (χ4v) is 2.53. The second kappa shape index (κ2) is 9.28. The van der Waals surface area contributed by atoms with Crippen LogP contribution in [0.25, 0.3) is 0 Å². The Hall–Kier alpha value is -1.78. The van der Waals surface area contributed by atoms with E-state index in [2.05, 4.69) is 5.32 Å². The van der Waals surface area contributed by atoms with Crippen LogP contribution >= 0.6 is 0 Å². The van der Waals surface area contributed by atoms with Crippen LogP contribution in [-0.2, 0) is 0 Å². The number of benzene rings is 1. The number of carbonyl (C=O) groups is 1. The van der Waals surface area contributed by atoms with Gasteiger partial charge in [-0.25, -0.2) is 9.18 Å². The maximum absolute atomic E-state index is 12.7. The predicted octanol–water partition coefficient (Wildman–Crippen LogP) is 3.57. The summed E-state index contributed by atoms with van der Waals surface area (Å²) in [5.74, 6) is 0.415. The third-order valence-corrected chi connectivity index (χ3v) is 3.82. The molecule has 22 heavy (non-hydrogen) atoms. The summed E-state index contributed by atoms with van der Waals surface area (Å²) in [6.45, 7) is 2.99. The van der Waals surface area contributed by atoms with Gasteiger partial charge in [-0.05, 0) is 49.9 Å². The van der Waals surface area contributed by atoms with Crippen LogP contribution in [0.1, 0.15) is 38.5 Å². The summed E-state index contributed by atoms with van der Waals surface area (Å²) in [4.78, 5) is 13.9. The maximum atomic E-state index is 12.7. The van der Waals surface area contributed by atoms with Crippen molar-refractivity contribution in [2.24, 2.45) is 0 Å². The summed E-state index contributed by atoms with van der Waals surface area (Å²) in [6.07, 6.45) is 6.41. The Labute approximate surface area is 131 Å². The summed E-state index contributed by atoms with van der Waals surface area (Å²) in [5, 5.41) is 2.97. The number of likely N-dealkylation sites (tertiary alicyclic amines) is 1. The number of unbranched alkanes of at least 4 members (excludes halogenated alkanes) is 1. The van der Waals surface area contributed by atoms with Crippen LogP contribution in [0, 0.1) is 5.82 Å². The molecule has 1 aromatic rings. The van der Waals surface area contributed by atoms with E-state index in [1.807, 2.05) is 4.90 Å². The lowest BCUT2D eigenvalue weighted by Crippen LogP contribution is -2.40. The summed E-state index contributed by atoms with van der Waals surface area (Å²) in [7, 11) is 0. The number of nitrogens with one attached hydrogen (secondary N) is 1. The molecule has 0 aromatic heterocycles. The van der Waals surface area contributed by atoms with E-state index in [0.717, 1.165) is 38.8 Å². The molecule has 2 amide bonds. The minimum Gasteiger partial charge on any atom is -0.494 e. The zero-order valence-electron chi connectivity index (χ0n) is 13.0. The van der Waals surface area contributed by atoms with Gasteiger partial charge in [0.1, 0.15) is 11.6 Å². The molecule has 0 saturated carbocycles. The van der Waals surface area contributed by atoms with E-state index in [1.54, 1.807) is 12.1 Å². The minimum atomic E-state index is -0.261. The highest BCUT2D eigenvalue weighted by molar-refractivity contribution is 5.74. The van der Waals surface area contributed by atoms with Gasteiger partial charge in [-0.3, -0.25) is 0 Å². The van der Waals surface area contributed by atoms with Gasteiger partial charge in [-0.2, -0.15) is 0 Å². The Kier molecular flexibility index (Phi) is 7.00. The SMILES string of the molecule is O=C(NCCCCOc1ccc(F)cc1)N1CCCCCC1. The van der Waals surface area contributed by atoms with Gasteiger partial charge < -0.3 is 15.0 Å². The molecular weight excluding hydrogens is 283 g/mol. The summed E-state index contributed by atoms with van der Waals surface area (Å²) >= 11 is 0. The first-order chi connectivity index (χ1) is 10.8. The molecule has 122 valence electrons. The monoisotopic (exact) mass is 308 g/mol. The van der Waals surface area contributed by atoms with Gasteiger partial charge in [0, 0.05) is 19.6 Å². The molecule has 0 spiro atoms. The van der Waals surface area contributed by atoms with Gasteiger partial charge in [-0.1, -0.05) is 12.8 Å². The van der Waals surface area contributed by atoms with Crippen molar-refractivity contribution in [2.45, 2.75) is 38.5 Å². The van der Waals surface area contributed by atoms with Crippen molar-refractivity contribution in [1.82, 2.24) is 10.2 Å². The molecule has 1 fully saturated rings. The molecule has 0 aliphatic carbocycles. The Bertz CT molecular complexity index is 442. The highest BCUT2D eigenvalue weighted by Gasteiger charge is 2.14. The molecule has 5 heteroatoms. The lowest BCUT2D eigenvalue weighted by atomic mass is 10.2. The lowest BCUT2D eigenvalue weighted by Gasteiger charge is -2.20. The lowest BCUT2D eigenvalue weighted by molar-refractivity contribution is 0.199. The number of hydrogen-bond acceptors (Lipinski definition) is 2. The Morgan fingerprint density at radius 1 is 1.09 bits per heavy atom. The largest absolute Gasteiger partial charge is 0.494 e. The van der Waals surface area contributed by atoms with Crippen LogP contribution in [-0.4, -0.2) is 37.2 Å². The molecule has 0 radical (unpaired) electrons. The molecule has 4 nitrogen and oxygen atoms in total. The first kappa shape index (κ1) is 16.6. The molecule has 1 aromatic carbocycles. The third kappa shape index (κ3) is 5.92. The molecule has 1 aliphatic rings. The fourth-order valence-electron chi connectivity index (χ4n) is 2.53. The van der Waals surface area contributed by atoms with Crippen LogP contribution < -0.4 is 10.1 Å². The molecule has 1 saturated heterocycles. The molecule has 0 unspecified atom stereocenters. The van der Waals surface area contributed by atoms with E-state index in [4.69, 9.17) is 4.74 Å². The number of amides is 2. The number of halogens is 1. The van der Waals surface area contributed by atoms with E-state index in [9.17, 15) is 9.18 Å². The molecule has 0 bridgehead atoms.